The van der Waals surface area contributed by atoms with Gasteiger partial charge in [-0.2, -0.15) is 0 Å². The van der Waals surface area contributed by atoms with Crippen molar-refractivity contribution in [2.24, 2.45) is 5.92 Å². The van der Waals surface area contributed by atoms with Crippen molar-refractivity contribution < 1.29 is 22.7 Å². The molecule has 0 unspecified atom stereocenters. The predicted octanol–water partition coefficient (Wildman–Crippen LogP) is 4.89. The highest BCUT2D eigenvalue weighted by molar-refractivity contribution is 5.95. The number of alkyl halides is 2. The van der Waals surface area contributed by atoms with Crippen molar-refractivity contribution in [1.29, 1.82) is 0 Å². The number of carbonyl (C=O) groups excluding carboxylic acids is 1. The van der Waals surface area contributed by atoms with Crippen LogP contribution in [0.25, 0.3) is 5.82 Å². The van der Waals surface area contributed by atoms with Crippen LogP contribution >= 0.6 is 0 Å². The smallest absolute Gasteiger partial charge is 0.320 e. The number of aromatic nitrogens is 3. The summed E-state index contributed by atoms with van der Waals surface area (Å²) in [5.41, 5.74) is -0.291. The molecular weight excluding hydrogens is 471 g/mol. The average Bonchev–Trinajstić information content (AvgIpc) is 3.47. The van der Waals surface area contributed by atoms with Crippen molar-refractivity contribution in [3.05, 3.63) is 58.8 Å². The van der Waals surface area contributed by atoms with Gasteiger partial charge in [-0.15, -0.1) is 5.10 Å². The van der Waals surface area contributed by atoms with E-state index in [1.54, 1.807) is 6.20 Å². The number of rotatable bonds is 5. The molecule has 1 aromatic carbocycles. The molecule has 0 saturated heterocycles. The number of carbonyl (C=O) groups is 1. The normalized spacial score (nSPS) is 19.1. The van der Waals surface area contributed by atoms with E-state index in [0.717, 1.165) is 30.3 Å². The van der Waals surface area contributed by atoms with Crippen molar-refractivity contribution in [2.45, 2.75) is 51.6 Å². The van der Waals surface area contributed by atoms with Gasteiger partial charge in [0.25, 0.3) is 5.92 Å². The summed E-state index contributed by atoms with van der Waals surface area (Å²) in [5.74, 6) is 2.29. The maximum absolute atomic E-state index is 15.4. The molecule has 0 bridgehead atoms. The quantitative estimate of drug-likeness (QED) is 0.494. The fourth-order valence-corrected chi connectivity index (χ4v) is 4.49. The Morgan fingerprint density at radius 1 is 1.25 bits per heavy atom. The van der Waals surface area contributed by atoms with Gasteiger partial charge in [0, 0.05) is 41.0 Å². The van der Waals surface area contributed by atoms with Crippen molar-refractivity contribution in [3.8, 4) is 23.4 Å². The molecule has 2 aliphatic rings. The lowest BCUT2D eigenvalue weighted by Crippen LogP contribution is -2.59. The molecule has 2 aromatic heterocycles. The van der Waals surface area contributed by atoms with E-state index < -0.39 is 23.3 Å². The highest BCUT2D eigenvalue weighted by Crippen LogP contribution is 2.44. The fourth-order valence-electron chi connectivity index (χ4n) is 4.49. The van der Waals surface area contributed by atoms with Gasteiger partial charge in [0.2, 0.25) is 5.82 Å². The molecule has 2 N–H and O–H groups in total. The van der Waals surface area contributed by atoms with Crippen LogP contribution in [0.2, 0.25) is 0 Å². The fraction of sp³-hybridized carbons (Fsp3) is 0.385. The summed E-state index contributed by atoms with van der Waals surface area (Å²) in [6.07, 6.45) is 3.28. The van der Waals surface area contributed by atoms with Gasteiger partial charge >= 0.3 is 6.03 Å². The molecule has 188 valence electrons. The maximum atomic E-state index is 15.4. The maximum Gasteiger partial charge on any atom is 0.320 e. The molecular formula is C26H26F3N5O2. The number of nitrogens with zero attached hydrogens (tertiary/aromatic N) is 3. The van der Waals surface area contributed by atoms with Crippen LogP contribution < -0.4 is 15.4 Å². The summed E-state index contributed by atoms with van der Waals surface area (Å²) in [6, 6.07) is 5.47. The van der Waals surface area contributed by atoms with Gasteiger partial charge in [0.15, 0.2) is 11.3 Å². The largest absolute Gasteiger partial charge is 0.491 e. The van der Waals surface area contributed by atoms with E-state index in [0.29, 0.717) is 18.5 Å². The molecule has 3 aromatic rings. The highest BCUT2D eigenvalue weighted by atomic mass is 19.3. The minimum atomic E-state index is -3.47. The topological polar surface area (TPSA) is 73.1 Å². The van der Waals surface area contributed by atoms with Crippen LogP contribution in [0.3, 0.4) is 0 Å². The molecule has 36 heavy (non-hydrogen) atoms. The van der Waals surface area contributed by atoms with Crippen molar-refractivity contribution >= 4 is 11.7 Å². The summed E-state index contributed by atoms with van der Waals surface area (Å²) in [7, 11) is 1.52. The van der Waals surface area contributed by atoms with E-state index >= 15 is 4.39 Å². The zero-order chi connectivity index (χ0) is 25.8. The zero-order valence-corrected chi connectivity index (χ0v) is 20.4. The molecule has 1 aliphatic heterocycles. The molecule has 1 aliphatic carbocycles. The number of methoxy groups -OCH3 is 1. The van der Waals surface area contributed by atoms with E-state index in [1.807, 2.05) is 30.5 Å². The van der Waals surface area contributed by atoms with Gasteiger partial charge in [-0.25, -0.2) is 18.0 Å². The van der Waals surface area contributed by atoms with E-state index in [9.17, 15) is 13.6 Å². The molecule has 7 nitrogen and oxygen atoms in total. The standard InChI is InChI=1S/C26H26F3N5O2/c1-15-5-6-16(2)34(15)23-22(36-4)14-33(32-23)13-18-11-21-19(12-20(18)27)26(25(3,28)29,31-24(35)30-21)10-9-17-7-8-17/h5-6,11-12,14,17H,7-8,13H2,1-4H3,(H2,30,31,35)/t26-/m0/s1. The SMILES string of the molecule is COc1cn(Cc2cc3c(cc2F)[C@@](C#CC2CC2)(C(C)(F)F)NC(=O)N3)nc1-n1c(C)ccc1C. The summed E-state index contributed by atoms with van der Waals surface area (Å²) < 4.78 is 54.2. The van der Waals surface area contributed by atoms with Crippen LogP contribution in [-0.4, -0.2) is 33.4 Å². The van der Waals surface area contributed by atoms with E-state index in [1.165, 1.54) is 17.9 Å². The first kappa shape index (κ1) is 23.9. The number of hydrogen-bond donors (Lipinski definition) is 2. The summed E-state index contributed by atoms with van der Waals surface area (Å²) in [6.45, 7) is 4.54. The number of ether oxygens (including phenoxy) is 1. The number of nitrogens with one attached hydrogen (secondary N) is 2. The summed E-state index contributed by atoms with van der Waals surface area (Å²) in [4.78, 5) is 12.4. The lowest BCUT2D eigenvalue weighted by molar-refractivity contribution is -0.0465. The molecule has 0 spiro atoms. The van der Waals surface area contributed by atoms with Crippen molar-refractivity contribution in [3.63, 3.8) is 0 Å². The van der Waals surface area contributed by atoms with Gasteiger partial charge in [0.1, 0.15) is 5.82 Å². The van der Waals surface area contributed by atoms with E-state index in [-0.39, 0.29) is 29.3 Å². The molecule has 3 heterocycles. The number of amides is 2. The van der Waals surface area contributed by atoms with Crippen LogP contribution in [0.4, 0.5) is 23.7 Å². The Labute approximate surface area is 206 Å². The number of fused-ring (bicyclic) bond motifs is 1. The molecule has 0 radical (unpaired) electrons. The number of halogens is 3. The third-order valence-corrected chi connectivity index (χ3v) is 6.58. The second-order valence-electron chi connectivity index (χ2n) is 9.42. The minimum Gasteiger partial charge on any atom is -0.491 e. The highest BCUT2D eigenvalue weighted by Gasteiger charge is 2.55. The third-order valence-electron chi connectivity index (χ3n) is 6.58. The molecule has 1 saturated carbocycles. The Balaban J connectivity index is 1.56. The number of benzene rings is 1. The Hall–Kier alpha value is -3.87. The number of aryl methyl sites for hydroxylation is 2. The number of anilines is 1. The monoisotopic (exact) mass is 497 g/mol. The average molecular weight is 498 g/mol. The Bertz CT molecular complexity index is 1400. The number of urea groups is 1. The van der Waals surface area contributed by atoms with Gasteiger partial charge in [-0.05, 0) is 51.0 Å². The third kappa shape index (κ3) is 3.98. The first-order chi connectivity index (χ1) is 17.0. The summed E-state index contributed by atoms with van der Waals surface area (Å²) >= 11 is 0. The van der Waals surface area contributed by atoms with Gasteiger partial charge in [-0.3, -0.25) is 9.25 Å². The second-order valence-corrected chi connectivity index (χ2v) is 9.42. The first-order valence-electron chi connectivity index (χ1n) is 11.6. The minimum absolute atomic E-state index is 0.0125. The lowest BCUT2D eigenvalue weighted by atomic mass is 9.81. The Kier molecular flexibility index (Phi) is 5.54. The molecule has 10 heteroatoms. The molecule has 5 rings (SSSR count). The predicted molar refractivity (Wildman–Crippen MR) is 128 cm³/mol. The van der Waals surface area contributed by atoms with Crippen LogP contribution in [-0.2, 0) is 12.1 Å². The van der Waals surface area contributed by atoms with Gasteiger partial charge < -0.3 is 15.4 Å². The van der Waals surface area contributed by atoms with Crippen LogP contribution in [0.1, 0.15) is 42.3 Å². The lowest BCUT2D eigenvalue weighted by Gasteiger charge is -2.40. The first-order valence-corrected chi connectivity index (χ1v) is 11.6. The number of hydrogen-bond acceptors (Lipinski definition) is 3. The molecule has 1 fully saturated rings. The Morgan fingerprint density at radius 2 is 1.94 bits per heavy atom. The Morgan fingerprint density at radius 3 is 2.56 bits per heavy atom. The van der Waals surface area contributed by atoms with Crippen molar-refractivity contribution in [1.82, 2.24) is 19.7 Å². The van der Waals surface area contributed by atoms with E-state index in [4.69, 9.17) is 4.74 Å². The van der Waals surface area contributed by atoms with Crippen LogP contribution in [0, 0.1) is 37.4 Å². The molecule has 1 atom stereocenters. The van der Waals surface area contributed by atoms with Gasteiger partial charge in [-0.1, -0.05) is 11.8 Å². The van der Waals surface area contributed by atoms with Crippen LogP contribution in [0.15, 0.2) is 30.5 Å². The van der Waals surface area contributed by atoms with Crippen LogP contribution in [0.5, 0.6) is 5.75 Å². The van der Waals surface area contributed by atoms with Gasteiger partial charge in [0.05, 0.1) is 19.9 Å². The van der Waals surface area contributed by atoms with E-state index in [2.05, 4.69) is 27.6 Å². The van der Waals surface area contributed by atoms with Crippen molar-refractivity contribution in [2.75, 3.05) is 12.4 Å². The molecule has 2 amide bonds. The second kappa shape index (κ2) is 8.36. The summed E-state index contributed by atoms with van der Waals surface area (Å²) in [5, 5.41) is 9.38. The zero-order valence-electron chi connectivity index (χ0n) is 20.4.